The maximum Gasteiger partial charge on any atom is 0.416 e. The van der Waals surface area contributed by atoms with Crippen molar-refractivity contribution in [2.24, 2.45) is 0 Å². The Morgan fingerprint density at radius 1 is 1.00 bits per heavy atom. The van der Waals surface area contributed by atoms with Crippen molar-refractivity contribution in [3.05, 3.63) is 64.8 Å². The van der Waals surface area contributed by atoms with Crippen molar-refractivity contribution in [2.45, 2.75) is 51.8 Å². The average Bonchev–Trinajstić information content (AvgIpc) is 3.36. The first-order valence-corrected chi connectivity index (χ1v) is 11.4. The summed E-state index contributed by atoms with van der Waals surface area (Å²) in [5, 5.41) is 8.78. The normalized spacial score (nSPS) is 12.3. The van der Waals surface area contributed by atoms with Gasteiger partial charge in [-0.05, 0) is 56.2 Å². The van der Waals surface area contributed by atoms with Crippen LogP contribution in [0.25, 0.3) is 21.3 Å². The maximum absolute atomic E-state index is 12.8. The Balaban J connectivity index is 1.42. The number of rotatable bonds is 6. The lowest BCUT2D eigenvalue weighted by molar-refractivity contribution is -0.154. The van der Waals surface area contributed by atoms with Crippen LogP contribution in [-0.2, 0) is 28.5 Å². The second-order valence-corrected chi connectivity index (χ2v) is 9.83. The molecule has 0 bridgehead atoms. The van der Waals surface area contributed by atoms with Crippen LogP contribution in [0.2, 0.25) is 0 Å². The summed E-state index contributed by atoms with van der Waals surface area (Å²) in [6.07, 6.45) is -3.59. The number of carbonyl (C=O) groups excluding carboxylic acids is 1. The van der Waals surface area contributed by atoms with Crippen molar-refractivity contribution in [1.29, 1.82) is 0 Å². The fraction of sp³-hybridized carbons (Fsp3) is 0.333. The molecule has 0 unspecified atom stereocenters. The number of alkyl halides is 3. The second-order valence-electron chi connectivity index (χ2n) is 8.72. The van der Waals surface area contributed by atoms with Gasteiger partial charge >= 0.3 is 12.1 Å². The minimum absolute atomic E-state index is 0.146. The predicted octanol–water partition coefficient (Wildman–Crippen LogP) is 6.23. The predicted molar refractivity (Wildman–Crippen MR) is 121 cm³/mol. The van der Waals surface area contributed by atoms with Crippen LogP contribution in [0.5, 0.6) is 0 Å². The maximum atomic E-state index is 12.8. The van der Waals surface area contributed by atoms with Gasteiger partial charge in [-0.3, -0.25) is 4.79 Å². The van der Waals surface area contributed by atoms with Gasteiger partial charge in [0, 0.05) is 6.42 Å². The Labute approximate surface area is 197 Å². The van der Waals surface area contributed by atoms with E-state index >= 15 is 0 Å². The molecule has 0 saturated heterocycles. The molecule has 2 aromatic heterocycles. The molecule has 0 aliphatic heterocycles. The molecule has 0 aliphatic carbocycles. The standard InChI is InChI=1S/C24H22F3N3O3S/c1-23(2,3)33-22(31)11-10-19-29-30-20(32-19)13-21-28-17-12-15(6-9-18(17)34-21)14-4-7-16(8-5-14)24(25,26)27/h4-9,12H,10-11,13H2,1-3H3. The number of carbonyl (C=O) groups is 1. The van der Waals surface area contributed by atoms with Crippen LogP contribution >= 0.6 is 11.3 Å². The van der Waals surface area contributed by atoms with Crippen LogP contribution in [0.15, 0.2) is 46.9 Å². The van der Waals surface area contributed by atoms with Gasteiger partial charge in [0.05, 0.1) is 28.6 Å². The minimum Gasteiger partial charge on any atom is -0.460 e. The zero-order chi connectivity index (χ0) is 24.5. The van der Waals surface area contributed by atoms with Crippen LogP contribution in [0, 0.1) is 0 Å². The molecule has 0 saturated carbocycles. The van der Waals surface area contributed by atoms with Crippen molar-refractivity contribution in [3.8, 4) is 11.1 Å². The van der Waals surface area contributed by atoms with Gasteiger partial charge in [0.25, 0.3) is 0 Å². The number of thiazole rings is 1. The van der Waals surface area contributed by atoms with E-state index in [2.05, 4.69) is 15.2 Å². The molecule has 2 heterocycles. The summed E-state index contributed by atoms with van der Waals surface area (Å²) in [7, 11) is 0. The molecule has 0 spiro atoms. The largest absolute Gasteiger partial charge is 0.460 e. The summed E-state index contributed by atoms with van der Waals surface area (Å²) < 4.78 is 50.3. The number of ether oxygens (including phenoxy) is 1. The summed E-state index contributed by atoms with van der Waals surface area (Å²) in [4.78, 5) is 16.5. The van der Waals surface area contributed by atoms with Gasteiger partial charge in [-0.1, -0.05) is 18.2 Å². The number of aromatic nitrogens is 3. The number of halogens is 3. The number of hydrogen-bond donors (Lipinski definition) is 0. The van der Waals surface area contributed by atoms with Gasteiger partial charge in [-0.25, -0.2) is 4.98 Å². The van der Waals surface area contributed by atoms with E-state index in [-0.39, 0.29) is 18.8 Å². The van der Waals surface area contributed by atoms with Crippen molar-refractivity contribution in [3.63, 3.8) is 0 Å². The lowest BCUT2D eigenvalue weighted by Gasteiger charge is -2.19. The molecular formula is C24H22F3N3O3S. The molecule has 0 N–H and O–H groups in total. The van der Waals surface area contributed by atoms with E-state index in [1.807, 2.05) is 18.2 Å². The highest BCUT2D eigenvalue weighted by Crippen LogP contribution is 2.32. The third kappa shape index (κ3) is 5.99. The average molecular weight is 490 g/mol. The first kappa shape index (κ1) is 23.9. The van der Waals surface area contributed by atoms with Crippen LogP contribution in [0.4, 0.5) is 13.2 Å². The zero-order valence-electron chi connectivity index (χ0n) is 18.8. The Bertz CT molecular complexity index is 1300. The smallest absolute Gasteiger partial charge is 0.416 e. The molecule has 0 atom stereocenters. The lowest BCUT2D eigenvalue weighted by atomic mass is 10.0. The zero-order valence-corrected chi connectivity index (χ0v) is 19.6. The van der Waals surface area contributed by atoms with Gasteiger partial charge in [0.2, 0.25) is 11.8 Å². The van der Waals surface area contributed by atoms with Crippen LogP contribution in [0.1, 0.15) is 49.5 Å². The SMILES string of the molecule is CC(C)(C)OC(=O)CCc1nnc(Cc2nc3cc(-c4ccc(C(F)(F)F)cc4)ccc3s2)o1. The Morgan fingerprint density at radius 3 is 2.35 bits per heavy atom. The summed E-state index contributed by atoms with van der Waals surface area (Å²) in [6, 6.07) is 10.6. The number of hydrogen-bond acceptors (Lipinski definition) is 7. The molecule has 4 aromatic rings. The topological polar surface area (TPSA) is 78.1 Å². The van der Waals surface area contributed by atoms with E-state index in [1.165, 1.54) is 23.5 Å². The van der Waals surface area contributed by atoms with E-state index in [1.54, 1.807) is 20.8 Å². The number of benzene rings is 2. The lowest BCUT2D eigenvalue weighted by Crippen LogP contribution is -2.24. The van der Waals surface area contributed by atoms with E-state index in [9.17, 15) is 18.0 Å². The van der Waals surface area contributed by atoms with Gasteiger partial charge in [-0.2, -0.15) is 13.2 Å². The number of fused-ring (bicyclic) bond motifs is 1. The van der Waals surface area contributed by atoms with Crippen LogP contribution < -0.4 is 0 Å². The fourth-order valence-electron chi connectivity index (χ4n) is 3.27. The quantitative estimate of drug-likeness (QED) is 0.299. The Hall–Kier alpha value is -3.27. The van der Waals surface area contributed by atoms with E-state index < -0.39 is 17.3 Å². The second kappa shape index (κ2) is 9.17. The van der Waals surface area contributed by atoms with E-state index in [0.717, 1.165) is 32.9 Å². The highest BCUT2D eigenvalue weighted by molar-refractivity contribution is 7.18. The molecule has 10 heteroatoms. The van der Waals surface area contributed by atoms with E-state index in [4.69, 9.17) is 9.15 Å². The molecule has 178 valence electrons. The summed E-state index contributed by atoms with van der Waals surface area (Å²) in [5.74, 6) is 0.412. The van der Waals surface area contributed by atoms with Gasteiger partial charge < -0.3 is 9.15 Å². The van der Waals surface area contributed by atoms with Crippen molar-refractivity contribution in [2.75, 3.05) is 0 Å². The first-order chi connectivity index (χ1) is 16.0. The molecule has 34 heavy (non-hydrogen) atoms. The van der Waals surface area contributed by atoms with Crippen LogP contribution in [0.3, 0.4) is 0 Å². The van der Waals surface area contributed by atoms with Crippen molar-refractivity contribution >= 4 is 27.5 Å². The molecular weight excluding hydrogens is 467 g/mol. The third-order valence-corrected chi connectivity index (χ3v) is 5.79. The van der Waals surface area contributed by atoms with Crippen LogP contribution in [-0.4, -0.2) is 26.8 Å². The highest BCUT2D eigenvalue weighted by atomic mass is 32.1. The summed E-state index contributed by atoms with van der Waals surface area (Å²) in [5.41, 5.74) is 0.965. The van der Waals surface area contributed by atoms with Gasteiger partial charge in [0.1, 0.15) is 10.6 Å². The molecule has 0 amide bonds. The summed E-state index contributed by atoms with van der Waals surface area (Å²) in [6.45, 7) is 5.42. The fourth-order valence-corrected chi connectivity index (χ4v) is 4.21. The highest BCUT2D eigenvalue weighted by Gasteiger charge is 2.30. The molecule has 0 fully saturated rings. The minimum atomic E-state index is -4.36. The van der Waals surface area contributed by atoms with E-state index in [0.29, 0.717) is 23.8 Å². The molecule has 4 rings (SSSR count). The van der Waals surface area contributed by atoms with Crippen molar-refractivity contribution < 1.29 is 27.1 Å². The molecule has 6 nitrogen and oxygen atoms in total. The molecule has 0 aliphatic rings. The number of esters is 1. The number of aryl methyl sites for hydroxylation is 1. The molecule has 2 aromatic carbocycles. The number of nitrogens with zero attached hydrogens (tertiary/aromatic N) is 3. The molecule has 0 radical (unpaired) electrons. The Morgan fingerprint density at radius 2 is 1.68 bits per heavy atom. The van der Waals surface area contributed by atoms with Gasteiger partial charge in [0.15, 0.2) is 0 Å². The van der Waals surface area contributed by atoms with Crippen molar-refractivity contribution in [1.82, 2.24) is 15.2 Å². The third-order valence-electron chi connectivity index (χ3n) is 4.75. The first-order valence-electron chi connectivity index (χ1n) is 10.6. The monoisotopic (exact) mass is 489 g/mol. The summed E-state index contributed by atoms with van der Waals surface area (Å²) >= 11 is 1.47. The Kier molecular flexibility index (Phi) is 6.44. The van der Waals surface area contributed by atoms with Gasteiger partial charge in [-0.15, -0.1) is 21.5 Å².